The van der Waals surface area contributed by atoms with Gasteiger partial charge in [0, 0.05) is 12.4 Å². The predicted molar refractivity (Wildman–Crippen MR) is 47.5 cm³/mol. The summed E-state index contributed by atoms with van der Waals surface area (Å²) in [5.74, 6) is -1.76. The van der Waals surface area contributed by atoms with Crippen molar-refractivity contribution in [3.05, 3.63) is 36.0 Å². The molecule has 0 radical (unpaired) electrons. The first kappa shape index (κ1) is 8.55. The molecule has 0 fully saturated rings. The Balaban J connectivity index is 2.62. The number of carbonyl (C=O) groups is 1. The van der Waals surface area contributed by atoms with Crippen LogP contribution in [0.3, 0.4) is 0 Å². The monoisotopic (exact) mass is 194 g/mol. The summed E-state index contributed by atoms with van der Waals surface area (Å²) in [5, 5.41) is 8.77. The Morgan fingerprint density at radius 2 is 2.21 bits per heavy atom. The van der Waals surface area contributed by atoms with Crippen molar-refractivity contribution in [3.63, 3.8) is 0 Å². The first-order valence-electron chi connectivity index (χ1n) is 3.94. The summed E-state index contributed by atoms with van der Waals surface area (Å²) in [5.41, 5.74) is 0.355. The second kappa shape index (κ2) is 3.02. The SMILES string of the molecule is O=C(O)c1[nH]cc(F)c1-c1ccc[nH]1. The minimum Gasteiger partial charge on any atom is -0.477 e. The Kier molecular flexibility index (Phi) is 1.85. The molecule has 2 heterocycles. The Morgan fingerprint density at radius 1 is 1.43 bits per heavy atom. The van der Waals surface area contributed by atoms with E-state index in [-0.39, 0.29) is 11.3 Å². The van der Waals surface area contributed by atoms with Crippen LogP contribution in [-0.2, 0) is 0 Å². The maximum absolute atomic E-state index is 13.2. The number of H-pyrrole nitrogens is 2. The highest BCUT2D eigenvalue weighted by Crippen LogP contribution is 2.24. The lowest BCUT2D eigenvalue weighted by Gasteiger charge is -1.96. The molecule has 0 bridgehead atoms. The zero-order valence-electron chi connectivity index (χ0n) is 7.04. The van der Waals surface area contributed by atoms with Crippen LogP contribution in [0, 0.1) is 5.82 Å². The molecule has 4 nitrogen and oxygen atoms in total. The fourth-order valence-electron chi connectivity index (χ4n) is 1.32. The van der Waals surface area contributed by atoms with Crippen molar-refractivity contribution in [2.45, 2.75) is 0 Å². The van der Waals surface area contributed by atoms with E-state index < -0.39 is 11.8 Å². The van der Waals surface area contributed by atoms with Gasteiger partial charge in [0.1, 0.15) is 5.69 Å². The number of aromatic amines is 2. The molecule has 0 saturated carbocycles. The number of nitrogens with one attached hydrogen (secondary N) is 2. The van der Waals surface area contributed by atoms with Crippen LogP contribution in [0.2, 0.25) is 0 Å². The minimum atomic E-state index is -1.18. The molecule has 14 heavy (non-hydrogen) atoms. The Hall–Kier alpha value is -2.04. The summed E-state index contributed by atoms with van der Waals surface area (Å²) in [6.07, 6.45) is 2.63. The highest BCUT2D eigenvalue weighted by Gasteiger charge is 2.18. The first-order valence-corrected chi connectivity index (χ1v) is 3.94. The van der Waals surface area contributed by atoms with E-state index in [1.807, 2.05) is 0 Å². The van der Waals surface area contributed by atoms with Gasteiger partial charge in [-0.25, -0.2) is 9.18 Å². The molecule has 0 aliphatic heterocycles. The lowest BCUT2D eigenvalue weighted by molar-refractivity contribution is 0.0692. The van der Waals surface area contributed by atoms with Crippen molar-refractivity contribution in [1.29, 1.82) is 0 Å². The quantitative estimate of drug-likeness (QED) is 0.682. The van der Waals surface area contributed by atoms with Gasteiger partial charge in [-0.1, -0.05) is 0 Å². The van der Waals surface area contributed by atoms with Gasteiger partial charge in [0.05, 0.1) is 11.3 Å². The molecule has 2 rings (SSSR count). The topological polar surface area (TPSA) is 68.9 Å². The maximum Gasteiger partial charge on any atom is 0.353 e. The van der Waals surface area contributed by atoms with E-state index >= 15 is 0 Å². The van der Waals surface area contributed by atoms with Gasteiger partial charge in [-0.3, -0.25) is 0 Å². The highest BCUT2D eigenvalue weighted by molar-refractivity contribution is 5.93. The van der Waals surface area contributed by atoms with Gasteiger partial charge in [-0.05, 0) is 12.1 Å². The Morgan fingerprint density at radius 3 is 2.79 bits per heavy atom. The van der Waals surface area contributed by atoms with E-state index in [1.165, 1.54) is 0 Å². The molecule has 0 atom stereocenters. The van der Waals surface area contributed by atoms with Gasteiger partial charge >= 0.3 is 5.97 Å². The van der Waals surface area contributed by atoms with Crippen molar-refractivity contribution in [2.75, 3.05) is 0 Å². The molecule has 0 spiro atoms. The molecule has 72 valence electrons. The number of carboxylic acids is 1. The lowest BCUT2D eigenvalue weighted by Crippen LogP contribution is -1.99. The van der Waals surface area contributed by atoms with Crippen molar-refractivity contribution in [1.82, 2.24) is 9.97 Å². The second-order valence-corrected chi connectivity index (χ2v) is 2.78. The molecule has 0 aliphatic carbocycles. The highest BCUT2D eigenvalue weighted by atomic mass is 19.1. The largest absolute Gasteiger partial charge is 0.477 e. The average molecular weight is 194 g/mol. The molecule has 5 heteroatoms. The van der Waals surface area contributed by atoms with Crippen LogP contribution in [0.5, 0.6) is 0 Å². The van der Waals surface area contributed by atoms with Crippen molar-refractivity contribution in [2.24, 2.45) is 0 Å². The molecular formula is C9H7FN2O2. The molecular weight excluding hydrogens is 187 g/mol. The van der Waals surface area contributed by atoms with Gasteiger partial charge in [-0.15, -0.1) is 0 Å². The first-order chi connectivity index (χ1) is 6.70. The summed E-state index contributed by atoms with van der Waals surface area (Å²) in [7, 11) is 0. The van der Waals surface area contributed by atoms with Crippen LogP contribution in [0.1, 0.15) is 10.5 Å². The number of halogens is 1. The summed E-state index contributed by atoms with van der Waals surface area (Å²) in [4.78, 5) is 15.8. The smallest absolute Gasteiger partial charge is 0.353 e. The van der Waals surface area contributed by atoms with E-state index in [4.69, 9.17) is 5.11 Å². The molecule has 2 aromatic rings. The molecule has 3 N–H and O–H groups in total. The fourth-order valence-corrected chi connectivity index (χ4v) is 1.32. The van der Waals surface area contributed by atoms with Crippen molar-refractivity contribution >= 4 is 5.97 Å². The predicted octanol–water partition coefficient (Wildman–Crippen LogP) is 1.85. The molecule has 0 aromatic carbocycles. The van der Waals surface area contributed by atoms with E-state index in [0.717, 1.165) is 6.20 Å². The molecule has 0 aliphatic rings. The maximum atomic E-state index is 13.2. The third kappa shape index (κ3) is 1.19. The summed E-state index contributed by atoms with van der Waals surface area (Å²) < 4.78 is 13.2. The van der Waals surface area contributed by atoms with Crippen molar-refractivity contribution < 1.29 is 14.3 Å². The third-order valence-corrected chi connectivity index (χ3v) is 1.91. The van der Waals surface area contributed by atoms with Crippen LogP contribution < -0.4 is 0 Å². The number of hydrogen-bond donors (Lipinski definition) is 3. The number of rotatable bonds is 2. The second-order valence-electron chi connectivity index (χ2n) is 2.78. The normalized spacial score (nSPS) is 10.4. The van der Waals surface area contributed by atoms with Gasteiger partial charge in [-0.2, -0.15) is 0 Å². The van der Waals surface area contributed by atoms with Gasteiger partial charge in [0.15, 0.2) is 5.82 Å². The van der Waals surface area contributed by atoms with Crippen LogP contribution in [0.25, 0.3) is 11.3 Å². The average Bonchev–Trinajstić information content (AvgIpc) is 2.71. The van der Waals surface area contributed by atoms with Gasteiger partial charge in [0.25, 0.3) is 0 Å². The molecule has 0 amide bonds. The fraction of sp³-hybridized carbons (Fsp3) is 0. The molecule has 2 aromatic heterocycles. The summed E-state index contributed by atoms with van der Waals surface area (Å²) in [6.45, 7) is 0. The summed E-state index contributed by atoms with van der Waals surface area (Å²) >= 11 is 0. The van der Waals surface area contributed by atoms with Gasteiger partial charge in [0.2, 0.25) is 0 Å². The van der Waals surface area contributed by atoms with E-state index in [1.54, 1.807) is 18.3 Å². The van der Waals surface area contributed by atoms with Crippen LogP contribution >= 0.6 is 0 Å². The Labute approximate surface area is 78.4 Å². The van der Waals surface area contributed by atoms with E-state index in [0.29, 0.717) is 5.69 Å². The lowest BCUT2D eigenvalue weighted by atomic mass is 10.2. The minimum absolute atomic E-state index is 0.0579. The van der Waals surface area contributed by atoms with E-state index in [9.17, 15) is 9.18 Å². The van der Waals surface area contributed by atoms with E-state index in [2.05, 4.69) is 9.97 Å². The van der Waals surface area contributed by atoms with Crippen LogP contribution in [-0.4, -0.2) is 21.0 Å². The van der Waals surface area contributed by atoms with Gasteiger partial charge < -0.3 is 15.1 Å². The number of aromatic nitrogens is 2. The zero-order chi connectivity index (χ0) is 10.1. The zero-order valence-corrected chi connectivity index (χ0v) is 7.04. The number of hydrogen-bond acceptors (Lipinski definition) is 1. The van der Waals surface area contributed by atoms with Crippen LogP contribution in [0.4, 0.5) is 4.39 Å². The molecule has 0 saturated heterocycles. The molecule has 0 unspecified atom stereocenters. The third-order valence-electron chi connectivity index (χ3n) is 1.91. The number of aromatic carboxylic acids is 1. The number of carboxylic acid groups (broad SMARTS) is 1. The standard InChI is InChI=1S/C9H7FN2O2/c10-5-4-12-8(9(13)14)7(5)6-2-1-3-11-6/h1-4,11-12H,(H,13,14). The summed E-state index contributed by atoms with van der Waals surface area (Å²) in [6, 6.07) is 3.28. The van der Waals surface area contributed by atoms with Crippen molar-refractivity contribution in [3.8, 4) is 11.3 Å². The van der Waals surface area contributed by atoms with Crippen LogP contribution in [0.15, 0.2) is 24.5 Å². The Bertz CT molecular complexity index is 459.